The predicted octanol–water partition coefficient (Wildman–Crippen LogP) is 0.167. The molecule has 118 valence electrons. The van der Waals surface area contributed by atoms with Crippen molar-refractivity contribution in [3.8, 4) is 0 Å². The summed E-state index contributed by atoms with van der Waals surface area (Å²) in [6.07, 6.45) is 0. The molecule has 0 aliphatic carbocycles. The second-order valence-corrected chi connectivity index (χ2v) is 5.41. The van der Waals surface area contributed by atoms with Crippen LogP contribution in [0.3, 0.4) is 0 Å². The summed E-state index contributed by atoms with van der Waals surface area (Å²) in [7, 11) is 1.61. The van der Waals surface area contributed by atoms with Crippen LogP contribution in [0.2, 0.25) is 0 Å². The third-order valence-electron chi connectivity index (χ3n) is 2.65. The summed E-state index contributed by atoms with van der Waals surface area (Å²) in [5.41, 5.74) is 11.6. The molecule has 1 heterocycles. The minimum Gasteiger partial charge on any atom is -0.385 e. The van der Waals surface area contributed by atoms with E-state index >= 15 is 0 Å². The van der Waals surface area contributed by atoms with Crippen LogP contribution in [0.5, 0.6) is 0 Å². The lowest BCUT2D eigenvalue weighted by molar-refractivity contribution is -0.125. The molecule has 0 fully saturated rings. The molecule has 0 aliphatic rings. The number of aliphatic imine (C=N–C) groups is 1. The molecule has 0 unspecified atom stereocenters. The molecule has 0 radical (unpaired) electrons. The number of alkyl halides is 1. The summed E-state index contributed by atoms with van der Waals surface area (Å²) in [6.45, 7) is 1.25. The van der Waals surface area contributed by atoms with Crippen LogP contribution in [0.25, 0.3) is 0 Å². The van der Waals surface area contributed by atoms with E-state index in [1.807, 2.05) is 0 Å². The van der Waals surface area contributed by atoms with Crippen molar-refractivity contribution in [1.82, 2.24) is 4.98 Å². The number of hydrogen-bond donors (Lipinski definition) is 2. The van der Waals surface area contributed by atoms with Gasteiger partial charge in [0.25, 0.3) is 0 Å². The van der Waals surface area contributed by atoms with Crippen LogP contribution in [-0.4, -0.2) is 55.7 Å². The van der Waals surface area contributed by atoms with E-state index in [1.54, 1.807) is 24.9 Å². The number of amides is 1. The Bertz CT molecular complexity index is 478. The Hall–Kier alpha value is -1.58. The summed E-state index contributed by atoms with van der Waals surface area (Å²) in [6, 6.07) is 0. The van der Waals surface area contributed by atoms with Gasteiger partial charge in [0.05, 0.1) is 25.3 Å². The molecule has 0 bridgehead atoms. The number of carbonyl (C=O) groups excluding carboxylic acids is 1. The Morgan fingerprint density at radius 2 is 2.38 bits per heavy atom. The zero-order valence-corrected chi connectivity index (χ0v) is 12.9. The van der Waals surface area contributed by atoms with E-state index < -0.39 is 12.2 Å². The number of aromatic nitrogens is 1. The Morgan fingerprint density at radius 3 is 2.95 bits per heavy atom. The van der Waals surface area contributed by atoms with Crippen LogP contribution >= 0.6 is 11.3 Å². The third kappa shape index (κ3) is 5.37. The SMILES string of the molecule is CN(C(=O)[C@@](C)(N)COCCN=C(N)CF)c1cscn1. The fourth-order valence-electron chi connectivity index (χ4n) is 1.50. The Kier molecular flexibility index (Phi) is 6.66. The van der Waals surface area contributed by atoms with Crippen molar-refractivity contribution in [2.24, 2.45) is 16.5 Å². The van der Waals surface area contributed by atoms with Gasteiger partial charge in [0.15, 0.2) is 0 Å². The molecule has 1 rings (SSSR count). The van der Waals surface area contributed by atoms with E-state index in [2.05, 4.69) is 9.98 Å². The highest BCUT2D eigenvalue weighted by Gasteiger charge is 2.32. The minimum absolute atomic E-state index is 0.0192. The lowest BCUT2D eigenvalue weighted by Crippen LogP contribution is -2.55. The van der Waals surface area contributed by atoms with E-state index in [0.29, 0.717) is 5.82 Å². The van der Waals surface area contributed by atoms with Crippen LogP contribution in [-0.2, 0) is 9.53 Å². The van der Waals surface area contributed by atoms with Gasteiger partial charge in [0.1, 0.15) is 23.9 Å². The smallest absolute Gasteiger partial charge is 0.250 e. The average Bonchev–Trinajstić information content (AvgIpc) is 2.99. The number of nitrogens with two attached hydrogens (primary N) is 2. The molecule has 0 spiro atoms. The molecule has 1 atom stereocenters. The molecule has 0 aliphatic heterocycles. The van der Waals surface area contributed by atoms with Gasteiger partial charge in [-0.1, -0.05) is 0 Å². The van der Waals surface area contributed by atoms with E-state index in [9.17, 15) is 9.18 Å². The zero-order valence-electron chi connectivity index (χ0n) is 12.1. The molecule has 1 amide bonds. The number of ether oxygens (including phenoxy) is 1. The summed E-state index contributed by atoms with van der Waals surface area (Å²) in [5.74, 6) is 0.163. The molecule has 0 saturated heterocycles. The number of amidine groups is 1. The molecular formula is C12H20FN5O2S. The Labute approximate surface area is 126 Å². The van der Waals surface area contributed by atoms with Crippen LogP contribution in [0.1, 0.15) is 6.92 Å². The van der Waals surface area contributed by atoms with Gasteiger partial charge in [0, 0.05) is 12.4 Å². The van der Waals surface area contributed by atoms with E-state index in [-0.39, 0.29) is 31.5 Å². The first-order valence-corrected chi connectivity index (χ1v) is 7.20. The first-order valence-electron chi connectivity index (χ1n) is 6.26. The standard InChI is InChI=1S/C12H20FN5O2S/c1-12(15,7-20-4-3-16-9(14)5-13)11(19)18(2)10-6-21-8-17-10/h6,8H,3-5,7,15H2,1-2H3,(H2,14,16)/t12-/m0/s1. The lowest BCUT2D eigenvalue weighted by atomic mass is 10.0. The first kappa shape index (κ1) is 17.5. The molecule has 21 heavy (non-hydrogen) atoms. The van der Waals surface area contributed by atoms with Gasteiger partial charge < -0.3 is 16.2 Å². The lowest BCUT2D eigenvalue weighted by Gasteiger charge is -2.27. The monoisotopic (exact) mass is 317 g/mol. The van der Waals surface area contributed by atoms with Crippen molar-refractivity contribution >= 4 is 28.9 Å². The molecule has 9 heteroatoms. The fourth-order valence-corrected chi connectivity index (χ4v) is 2.07. The molecule has 7 nitrogen and oxygen atoms in total. The van der Waals surface area contributed by atoms with Gasteiger partial charge in [-0.05, 0) is 6.92 Å². The topological polar surface area (TPSA) is 107 Å². The largest absolute Gasteiger partial charge is 0.385 e. The number of anilines is 1. The van der Waals surface area contributed by atoms with E-state index in [4.69, 9.17) is 16.2 Å². The molecule has 0 aromatic carbocycles. The van der Waals surface area contributed by atoms with Gasteiger partial charge in [-0.3, -0.25) is 14.7 Å². The predicted molar refractivity (Wildman–Crippen MR) is 81.4 cm³/mol. The number of nitrogens with zero attached hydrogens (tertiary/aromatic N) is 3. The summed E-state index contributed by atoms with van der Waals surface area (Å²) >= 11 is 1.39. The van der Waals surface area contributed by atoms with Gasteiger partial charge >= 0.3 is 0 Å². The van der Waals surface area contributed by atoms with Gasteiger partial charge in [-0.15, -0.1) is 11.3 Å². The van der Waals surface area contributed by atoms with Crippen LogP contribution in [0, 0.1) is 0 Å². The molecule has 0 saturated carbocycles. The van der Waals surface area contributed by atoms with Gasteiger partial charge in [0.2, 0.25) is 5.91 Å². The highest BCUT2D eigenvalue weighted by Crippen LogP contribution is 2.15. The minimum atomic E-state index is -1.19. The Morgan fingerprint density at radius 1 is 1.67 bits per heavy atom. The number of hydrogen-bond acceptors (Lipinski definition) is 6. The number of thiazole rings is 1. The van der Waals surface area contributed by atoms with Crippen LogP contribution < -0.4 is 16.4 Å². The highest BCUT2D eigenvalue weighted by molar-refractivity contribution is 7.07. The van der Waals surface area contributed by atoms with Crippen molar-refractivity contribution in [2.75, 3.05) is 38.4 Å². The maximum absolute atomic E-state index is 12.3. The molecule has 1 aromatic rings. The quantitative estimate of drug-likeness (QED) is 0.404. The summed E-state index contributed by atoms with van der Waals surface area (Å²) < 4.78 is 17.3. The fraction of sp³-hybridized carbons (Fsp3) is 0.583. The zero-order chi connectivity index (χ0) is 15.9. The number of likely N-dealkylation sites (N-methyl/N-ethyl adjacent to an activating group) is 1. The molecule has 1 aromatic heterocycles. The summed E-state index contributed by atoms with van der Waals surface area (Å²) in [4.78, 5) is 21.4. The van der Waals surface area contributed by atoms with Gasteiger partial charge in [-0.25, -0.2) is 9.37 Å². The average molecular weight is 317 g/mol. The first-order chi connectivity index (χ1) is 9.88. The third-order valence-corrected chi connectivity index (χ3v) is 3.22. The Balaban J connectivity index is 2.44. The number of carbonyl (C=O) groups is 1. The van der Waals surface area contributed by atoms with E-state index in [0.717, 1.165) is 0 Å². The molecular weight excluding hydrogens is 297 g/mol. The second-order valence-electron chi connectivity index (χ2n) is 4.69. The second kappa shape index (κ2) is 8.01. The van der Waals surface area contributed by atoms with Crippen molar-refractivity contribution in [2.45, 2.75) is 12.5 Å². The number of halogens is 1. The van der Waals surface area contributed by atoms with Crippen molar-refractivity contribution in [1.29, 1.82) is 0 Å². The normalized spacial score (nSPS) is 14.8. The maximum atomic E-state index is 12.3. The van der Waals surface area contributed by atoms with Crippen LogP contribution in [0.4, 0.5) is 10.2 Å². The maximum Gasteiger partial charge on any atom is 0.250 e. The van der Waals surface area contributed by atoms with Crippen molar-refractivity contribution < 1.29 is 13.9 Å². The van der Waals surface area contributed by atoms with Crippen molar-refractivity contribution in [3.63, 3.8) is 0 Å². The highest BCUT2D eigenvalue weighted by atomic mass is 32.1. The van der Waals surface area contributed by atoms with E-state index in [1.165, 1.54) is 16.2 Å². The van der Waals surface area contributed by atoms with Gasteiger partial charge in [-0.2, -0.15) is 0 Å². The summed E-state index contributed by atoms with van der Waals surface area (Å²) in [5, 5.41) is 1.75. The number of rotatable bonds is 8. The molecule has 4 N–H and O–H groups in total. The van der Waals surface area contributed by atoms with Crippen molar-refractivity contribution in [3.05, 3.63) is 10.9 Å². The van der Waals surface area contributed by atoms with Crippen LogP contribution in [0.15, 0.2) is 15.9 Å².